The van der Waals surface area contributed by atoms with Gasteiger partial charge in [-0.15, -0.1) is 0 Å². The number of para-hydroxylation sites is 1. The normalized spacial score (nSPS) is 16.7. The zero-order valence-electron chi connectivity index (χ0n) is 15.2. The highest BCUT2D eigenvalue weighted by atomic mass is 16.5. The molecule has 1 aliphatic heterocycles. The smallest absolute Gasteiger partial charge is 0.273 e. The fourth-order valence-electron chi connectivity index (χ4n) is 3.90. The Labute approximate surface area is 153 Å². The molecule has 1 N–H and O–H groups in total. The van der Waals surface area contributed by atoms with E-state index in [0.717, 1.165) is 23.4 Å². The van der Waals surface area contributed by atoms with Crippen molar-refractivity contribution in [3.05, 3.63) is 35.5 Å². The predicted molar refractivity (Wildman–Crippen MR) is 98.1 cm³/mol. The summed E-state index contributed by atoms with van der Waals surface area (Å²) in [5.74, 6) is 1.20. The Kier molecular flexibility index (Phi) is 4.93. The minimum atomic E-state index is -0.199. The Hall–Kier alpha value is -2.34. The zero-order chi connectivity index (χ0) is 17.9. The van der Waals surface area contributed by atoms with Crippen molar-refractivity contribution in [2.45, 2.75) is 44.8 Å². The third kappa shape index (κ3) is 3.33. The minimum Gasteiger partial charge on any atom is -0.488 e. The average Bonchev–Trinajstić information content (AvgIpc) is 3.13. The number of benzene rings is 1. The largest absolute Gasteiger partial charge is 0.488 e. The maximum atomic E-state index is 12.5. The summed E-state index contributed by atoms with van der Waals surface area (Å²) in [7, 11) is 2.14. The molecule has 2 aromatic rings. The van der Waals surface area contributed by atoms with Crippen LogP contribution >= 0.6 is 0 Å². The monoisotopic (exact) mass is 355 g/mol. The van der Waals surface area contributed by atoms with Gasteiger partial charge in [0, 0.05) is 19.1 Å². The number of hydrogen-bond donors (Lipinski definition) is 1. The van der Waals surface area contributed by atoms with E-state index in [1.807, 2.05) is 24.3 Å². The Balaban J connectivity index is 1.37. The summed E-state index contributed by atoms with van der Waals surface area (Å²) < 4.78 is 11.2. The molecule has 138 valence electrons. The number of rotatable bonds is 5. The SMILES string of the molecule is CN(CCNC(=O)c1noc2c1COc1ccccc1-2)C1CCCCC1. The fraction of sp³-hybridized carbons (Fsp3) is 0.500. The maximum absolute atomic E-state index is 12.5. The van der Waals surface area contributed by atoms with E-state index in [1.54, 1.807) is 0 Å². The molecule has 0 saturated heterocycles. The lowest BCUT2D eigenvalue weighted by Crippen LogP contribution is -2.39. The number of aromatic nitrogens is 1. The van der Waals surface area contributed by atoms with E-state index in [-0.39, 0.29) is 5.91 Å². The van der Waals surface area contributed by atoms with Gasteiger partial charge in [-0.3, -0.25) is 4.79 Å². The van der Waals surface area contributed by atoms with Crippen molar-refractivity contribution >= 4 is 5.91 Å². The second-order valence-corrected chi connectivity index (χ2v) is 7.15. The van der Waals surface area contributed by atoms with E-state index in [0.29, 0.717) is 30.6 Å². The van der Waals surface area contributed by atoms with Crippen molar-refractivity contribution in [1.82, 2.24) is 15.4 Å². The molecule has 2 heterocycles. The molecular formula is C20H25N3O3. The van der Waals surface area contributed by atoms with Gasteiger partial charge in [-0.1, -0.05) is 36.6 Å². The van der Waals surface area contributed by atoms with Gasteiger partial charge in [-0.05, 0) is 32.0 Å². The third-order valence-electron chi connectivity index (χ3n) is 5.46. The second kappa shape index (κ2) is 7.50. The van der Waals surface area contributed by atoms with Gasteiger partial charge >= 0.3 is 0 Å². The molecule has 4 rings (SSSR count). The molecule has 0 radical (unpaired) electrons. The molecule has 0 unspecified atom stereocenters. The van der Waals surface area contributed by atoms with Crippen LogP contribution < -0.4 is 10.1 Å². The highest BCUT2D eigenvalue weighted by molar-refractivity contribution is 5.95. The molecule has 0 spiro atoms. The van der Waals surface area contributed by atoms with Crippen molar-refractivity contribution in [3.8, 4) is 17.1 Å². The molecule has 26 heavy (non-hydrogen) atoms. The summed E-state index contributed by atoms with van der Waals surface area (Å²) in [6, 6.07) is 8.28. The average molecular weight is 355 g/mol. The van der Waals surface area contributed by atoms with Crippen LogP contribution in [-0.2, 0) is 6.61 Å². The van der Waals surface area contributed by atoms with Crippen LogP contribution in [0.5, 0.6) is 5.75 Å². The first-order chi connectivity index (χ1) is 12.7. The molecule has 2 aliphatic rings. The number of carbonyl (C=O) groups is 1. The van der Waals surface area contributed by atoms with Gasteiger partial charge in [0.15, 0.2) is 11.5 Å². The fourth-order valence-corrected chi connectivity index (χ4v) is 3.90. The minimum absolute atomic E-state index is 0.199. The Morgan fingerprint density at radius 2 is 2.08 bits per heavy atom. The first kappa shape index (κ1) is 17.1. The van der Waals surface area contributed by atoms with Gasteiger partial charge in [0.1, 0.15) is 12.4 Å². The number of nitrogens with zero attached hydrogens (tertiary/aromatic N) is 2. The number of likely N-dealkylation sites (N-methyl/N-ethyl adjacent to an activating group) is 1. The molecule has 1 aliphatic carbocycles. The quantitative estimate of drug-likeness (QED) is 0.892. The van der Waals surface area contributed by atoms with Gasteiger partial charge in [-0.25, -0.2) is 0 Å². The Morgan fingerprint density at radius 3 is 2.92 bits per heavy atom. The topological polar surface area (TPSA) is 67.6 Å². The predicted octanol–water partition coefficient (Wildman–Crippen LogP) is 3.23. The number of nitrogens with one attached hydrogen (secondary N) is 1. The van der Waals surface area contributed by atoms with E-state index in [2.05, 4.69) is 22.4 Å². The van der Waals surface area contributed by atoms with Crippen molar-refractivity contribution in [2.24, 2.45) is 0 Å². The molecule has 1 aromatic carbocycles. The summed E-state index contributed by atoms with van der Waals surface area (Å²) in [5.41, 5.74) is 1.90. The molecule has 1 saturated carbocycles. The molecule has 1 fully saturated rings. The van der Waals surface area contributed by atoms with E-state index in [9.17, 15) is 4.79 Å². The van der Waals surface area contributed by atoms with Crippen molar-refractivity contribution in [1.29, 1.82) is 0 Å². The van der Waals surface area contributed by atoms with Crippen LogP contribution in [0.1, 0.15) is 48.2 Å². The number of ether oxygens (including phenoxy) is 1. The molecule has 1 aromatic heterocycles. The van der Waals surface area contributed by atoms with Crippen LogP contribution in [0.15, 0.2) is 28.8 Å². The number of hydrogen-bond acceptors (Lipinski definition) is 5. The van der Waals surface area contributed by atoms with Crippen LogP contribution in [0, 0.1) is 0 Å². The summed E-state index contributed by atoms with van der Waals surface area (Å²) in [5, 5.41) is 6.97. The number of carbonyl (C=O) groups excluding carboxylic acids is 1. The van der Waals surface area contributed by atoms with Crippen molar-refractivity contribution < 1.29 is 14.1 Å². The van der Waals surface area contributed by atoms with E-state index >= 15 is 0 Å². The van der Waals surface area contributed by atoms with Crippen LogP contribution in [-0.4, -0.2) is 42.1 Å². The first-order valence-corrected chi connectivity index (χ1v) is 9.43. The molecule has 1 amide bonds. The molecule has 6 heteroatoms. The van der Waals surface area contributed by atoms with Crippen LogP contribution in [0.4, 0.5) is 0 Å². The van der Waals surface area contributed by atoms with E-state index in [4.69, 9.17) is 9.26 Å². The van der Waals surface area contributed by atoms with Gasteiger partial charge in [0.2, 0.25) is 0 Å². The zero-order valence-corrected chi connectivity index (χ0v) is 15.2. The third-order valence-corrected chi connectivity index (χ3v) is 5.46. The van der Waals surface area contributed by atoms with Crippen molar-refractivity contribution in [2.75, 3.05) is 20.1 Å². The lowest BCUT2D eigenvalue weighted by atomic mass is 9.94. The van der Waals surface area contributed by atoms with Crippen LogP contribution in [0.2, 0.25) is 0 Å². The van der Waals surface area contributed by atoms with E-state index in [1.165, 1.54) is 32.1 Å². The lowest BCUT2D eigenvalue weighted by molar-refractivity contribution is 0.0933. The molecular weight excluding hydrogens is 330 g/mol. The Morgan fingerprint density at radius 1 is 1.27 bits per heavy atom. The van der Waals surface area contributed by atoms with Gasteiger partial charge in [0.05, 0.1) is 11.1 Å². The first-order valence-electron chi connectivity index (χ1n) is 9.43. The Bertz CT molecular complexity index is 780. The maximum Gasteiger partial charge on any atom is 0.273 e. The van der Waals surface area contributed by atoms with Crippen LogP contribution in [0.3, 0.4) is 0 Å². The molecule has 0 atom stereocenters. The molecule has 0 bridgehead atoms. The van der Waals surface area contributed by atoms with Crippen LogP contribution in [0.25, 0.3) is 11.3 Å². The number of amides is 1. The second-order valence-electron chi connectivity index (χ2n) is 7.15. The molecule has 6 nitrogen and oxygen atoms in total. The highest BCUT2D eigenvalue weighted by Crippen LogP contribution is 2.38. The van der Waals surface area contributed by atoms with Gasteiger partial charge < -0.3 is 19.5 Å². The highest BCUT2D eigenvalue weighted by Gasteiger charge is 2.28. The van der Waals surface area contributed by atoms with Gasteiger partial charge in [0.25, 0.3) is 5.91 Å². The summed E-state index contributed by atoms with van der Waals surface area (Å²) in [6.07, 6.45) is 6.50. The summed E-state index contributed by atoms with van der Waals surface area (Å²) >= 11 is 0. The lowest BCUT2D eigenvalue weighted by Gasteiger charge is -2.31. The standard InChI is InChI=1S/C20H25N3O3/c1-23(14-7-3-2-4-8-14)12-11-21-20(24)18-16-13-25-17-10-6-5-9-15(17)19(16)26-22-18/h5-6,9-10,14H,2-4,7-8,11-13H2,1H3,(H,21,24). The summed E-state index contributed by atoms with van der Waals surface area (Å²) in [6.45, 7) is 1.75. The number of fused-ring (bicyclic) bond motifs is 3. The van der Waals surface area contributed by atoms with Crippen molar-refractivity contribution in [3.63, 3.8) is 0 Å². The van der Waals surface area contributed by atoms with Gasteiger partial charge in [-0.2, -0.15) is 0 Å². The summed E-state index contributed by atoms with van der Waals surface area (Å²) in [4.78, 5) is 14.9. The van der Waals surface area contributed by atoms with E-state index < -0.39 is 0 Å².